The van der Waals surface area contributed by atoms with Gasteiger partial charge in [-0.25, -0.2) is 8.42 Å². The number of sulfonamides is 1. The molecule has 2 aromatic rings. The van der Waals surface area contributed by atoms with E-state index in [2.05, 4.69) is 0 Å². The van der Waals surface area contributed by atoms with Crippen LogP contribution in [0.4, 0.5) is 0 Å². The highest BCUT2D eigenvalue weighted by Gasteiger charge is 2.28. The summed E-state index contributed by atoms with van der Waals surface area (Å²) in [5, 5.41) is 0.372. The van der Waals surface area contributed by atoms with Crippen molar-refractivity contribution >= 4 is 39.2 Å². The van der Waals surface area contributed by atoms with Crippen molar-refractivity contribution in [1.29, 1.82) is 0 Å². The van der Waals surface area contributed by atoms with Gasteiger partial charge in [-0.05, 0) is 37.6 Å². The van der Waals surface area contributed by atoms with Crippen molar-refractivity contribution in [2.45, 2.75) is 31.4 Å². The maximum atomic E-state index is 13.0. The first-order valence-corrected chi connectivity index (χ1v) is 10.1. The minimum atomic E-state index is -3.98. The molecule has 26 heavy (non-hydrogen) atoms. The molecule has 2 aromatic carbocycles. The van der Waals surface area contributed by atoms with Crippen molar-refractivity contribution in [3.8, 4) is 0 Å². The molecule has 0 saturated carbocycles. The topological polar surface area (TPSA) is 63.7 Å². The maximum absolute atomic E-state index is 13.0. The first-order chi connectivity index (χ1) is 12.2. The van der Waals surface area contributed by atoms with Gasteiger partial charge in [0.15, 0.2) is 0 Å². The lowest BCUT2D eigenvalue weighted by atomic mass is 10.2. The minimum Gasteiger partial charge on any atom is -0.462 e. The average Bonchev–Trinajstić information content (AvgIpc) is 2.57. The van der Waals surface area contributed by atoms with Crippen LogP contribution in [0.1, 0.15) is 19.4 Å². The summed E-state index contributed by atoms with van der Waals surface area (Å²) in [5.41, 5.74) is 0.744. The zero-order valence-electron chi connectivity index (χ0n) is 14.4. The van der Waals surface area contributed by atoms with Crippen molar-refractivity contribution in [3.63, 3.8) is 0 Å². The summed E-state index contributed by atoms with van der Waals surface area (Å²) in [5.74, 6) is -0.625. The predicted octanol–water partition coefficient (Wildman–Crippen LogP) is 4.14. The van der Waals surface area contributed by atoms with E-state index in [1.165, 1.54) is 18.2 Å². The van der Waals surface area contributed by atoms with Gasteiger partial charge >= 0.3 is 5.97 Å². The van der Waals surface area contributed by atoms with Crippen molar-refractivity contribution in [2.75, 3.05) is 6.54 Å². The molecule has 0 radical (unpaired) electrons. The van der Waals surface area contributed by atoms with Crippen LogP contribution in [0, 0.1) is 0 Å². The maximum Gasteiger partial charge on any atom is 0.321 e. The quantitative estimate of drug-likeness (QED) is 0.637. The third kappa shape index (κ3) is 5.45. The van der Waals surface area contributed by atoms with Crippen LogP contribution in [0.5, 0.6) is 0 Å². The van der Waals surface area contributed by atoms with E-state index >= 15 is 0 Å². The van der Waals surface area contributed by atoms with E-state index in [1.54, 1.807) is 38.1 Å². The highest BCUT2D eigenvalue weighted by atomic mass is 35.5. The Labute approximate surface area is 163 Å². The van der Waals surface area contributed by atoms with Gasteiger partial charge in [-0.2, -0.15) is 4.31 Å². The van der Waals surface area contributed by atoms with Crippen LogP contribution in [0.2, 0.25) is 10.0 Å². The first kappa shape index (κ1) is 20.7. The summed E-state index contributed by atoms with van der Waals surface area (Å²) in [4.78, 5) is 12.0. The van der Waals surface area contributed by atoms with E-state index in [0.717, 1.165) is 9.87 Å². The van der Waals surface area contributed by atoms with Crippen LogP contribution in [0.25, 0.3) is 0 Å². The third-order valence-corrected chi connectivity index (χ3v) is 5.93. The summed E-state index contributed by atoms with van der Waals surface area (Å²) in [6, 6.07) is 13.0. The van der Waals surface area contributed by atoms with Crippen molar-refractivity contribution < 1.29 is 17.9 Å². The molecule has 0 bridgehead atoms. The lowest BCUT2D eigenvalue weighted by Gasteiger charge is -2.22. The molecule has 0 aliphatic carbocycles. The Morgan fingerprint density at radius 2 is 1.73 bits per heavy atom. The highest BCUT2D eigenvalue weighted by molar-refractivity contribution is 7.89. The van der Waals surface area contributed by atoms with Crippen LogP contribution < -0.4 is 0 Å². The zero-order chi connectivity index (χ0) is 19.3. The molecule has 8 heteroatoms. The molecular formula is C18H19Cl2NO4S. The van der Waals surface area contributed by atoms with Crippen LogP contribution in [0.15, 0.2) is 53.4 Å². The fraction of sp³-hybridized carbons (Fsp3) is 0.278. The standard InChI is InChI=1S/C18H19Cl2NO4S/c1-13(2)25-18(22)12-21(11-14-6-4-3-5-7-14)26(23,24)15-8-9-16(19)17(20)10-15/h3-10,13H,11-12H2,1-2H3. The number of ether oxygens (including phenoxy) is 1. The Morgan fingerprint density at radius 1 is 1.08 bits per heavy atom. The number of hydrogen-bond donors (Lipinski definition) is 0. The van der Waals surface area contributed by atoms with E-state index in [0.29, 0.717) is 0 Å². The van der Waals surface area contributed by atoms with Gasteiger partial charge in [-0.15, -0.1) is 0 Å². The lowest BCUT2D eigenvalue weighted by Crippen LogP contribution is -2.36. The number of carbonyl (C=O) groups excluding carboxylic acids is 1. The first-order valence-electron chi connectivity index (χ1n) is 7.88. The molecular weight excluding hydrogens is 397 g/mol. The SMILES string of the molecule is CC(C)OC(=O)CN(Cc1ccccc1)S(=O)(=O)c1ccc(Cl)c(Cl)c1. The summed E-state index contributed by atoms with van der Waals surface area (Å²) in [6.07, 6.45) is -0.339. The second-order valence-electron chi connectivity index (χ2n) is 5.87. The number of halogens is 2. The highest BCUT2D eigenvalue weighted by Crippen LogP contribution is 2.27. The largest absolute Gasteiger partial charge is 0.462 e. The van der Waals surface area contributed by atoms with Gasteiger partial charge in [0.05, 0.1) is 21.0 Å². The molecule has 0 aliphatic heterocycles. The third-order valence-electron chi connectivity index (χ3n) is 3.40. The Hall–Kier alpha value is -1.60. The van der Waals surface area contributed by atoms with Crippen LogP contribution >= 0.6 is 23.2 Å². The van der Waals surface area contributed by atoms with Crippen molar-refractivity contribution in [3.05, 3.63) is 64.1 Å². The molecule has 0 atom stereocenters. The minimum absolute atomic E-state index is 0.0244. The Bertz CT molecular complexity index is 870. The fourth-order valence-corrected chi connectivity index (χ4v) is 4.01. The molecule has 0 N–H and O–H groups in total. The molecule has 2 rings (SSSR count). The lowest BCUT2D eigenvalue weighted by molar-refractivity contribution is -0.147. The summed E-state index contributed by atoms with van der Waals surface area (Å²) in [6.45, 7) is 3.02. The number of benzene rings is 2. The number of rotatable bonds is 7. The van der Waals surface area contributed by atoms with Gasteiger partial charge in [0.25, 0.3) is 0 Å². The van der Waals surface area contributed by atoms with E-state index in [-0.39, 0.29) is 27.6 Å². The molecule has 0 aliphatic rings. The molecule has 0 amide bonds. The average molecular weight is 416 g/mol. The molecule has 0 spiro atoms. The predicted molar refractivity (Wildman–Crippen MR) is 102 cm³/mol. The Balaban J connectivity index is 2.37. The van der Waals surface area contributed by atoms with Crippen molar-refractivity contribution in [1.82, 2.24) is 4.31 Å². The number of esters is 1. The molecule has 0 heterocycles. The summed E-state index contributed by atoms with van der Waals surface area (Å²) >= 11 is 11.8. The van der Waals surface area contributed by atoms with E-state index in [1.807, 2.05) is 6.07 Å². The normalized spacial score (nSPS) is 11.8. The van der Waals surface area contributed by atoms with Gasteiger partial charge in [0, 0.05) is 6.54 Å². The number of carbonyl (C=O) groups is 1. The second kappa shape index (κ2) is 8.86. The molecule has 140 valence electrons. The van der Waals surface area contributed by atoms with E-state index in [9.17, 15) is 13.2 Å². The molecule has 0 unspecified atom stereocenters. The second-order valence-corrected chi connectivity index (χ2v) is 8.63. The van der Waals surface area contributed by atoms with Crippen molar-refractivity contribution in [2.24, 2.45) is 0 Å². The summed E-state index contributed by atoms with van der Waals surface area (Å²) in [7, 11) is -3.98. The van der Waals surface area contributed by atoms with Crippen LogP contribution in [-0.2, 0) is 26.1 Å². The zero-order valence-corrected chi connectivity index (χ0v) is 16.7. The Kier molecular flexibility index (Phi) is 7.06. The smallest absolute Gasteiger partial charge is 0.321 e. The van der Waals surface area contributed by atoms with Gasteiger partial charge in [0.1, 0.15) is 6.54 Å². The molecule has 0 fully saturated rings. The fourth-order valence-electron chi connectivity index (χ4n) is 2.24. The van der Waals surface area contributed by atoms with Crippen LogP contribution in [0.3, 0.4) is 0 Å². The Morgan fingerprint density at radius 3 is 2.31 bits per heavy atom. The van der Waals surface area contributed by atoms with E-state index < -0.39 is 22.5 Å². The number of nitrogens with zero attached hydrogens (tertiary/aromatic N) is 1. The number of hydrogen-bond acceptors (Lipinski definition) is 4. The van der Waals surface area contributed by atoms with Crippen LogP contribution in [-0.4, -0.2) is 31.3 Å². The van der Waals surface area contributed by atoms with Gasteiger partial charge in [-0.1, -0.05) is 53.5 Å². The summed E-state index contributed by atoms with van der Waals surface area (Å²) < 4.78 is 32.2. The van der Waals surface area contributed by atoms with E-state index in [4.69, 9.17) is 27.9 Å². The van der Waals surface area contributed by atoms with Gasteiger partial charge in [-0.3, -0.25) is 4.79 Å². The molecule has 0 saturated heterocycles. The van der Waals surface area contributed by atoms with Gasteiger partial charge < -0.3 is 4.74 Å². The monoisotopic (exact) mass is 415 g/mol. The molecule has 5 nitrogen and oxygen atoms in total. The molecule has 0 aromatic heterocycles. The van der Waals surface area contributed by atoms with Gasteiger partial charge in [0.2, 0.25) is 10.0 Å².